The van der Waals surface area contributed by atoms with Gasteiger partial charge in [-0.2, -0.15) is 5.48 Å². The molecule has 2 amide bonds. The molecule has 1 aromatic carbocycles. The maximum absolute atomic E-state index is 11.2. The molecule has 0 bridgehead atoms. The van der Waals surface area contributed by atoms with Gasteiger partial charge in [-0.3, -0.25) is 14.4 Å². The van der Waals surface area contributed by atoms with E-state index < -0.39 is 11.9 Å². The van der Waals surface area contributed by atoms with Crippen LogP contribution in [-0.2, 0) is 14.4 Å². The molecule has 1 aromatic rings. The van der Waals surface area contributed by atoms with E-state index in [-0.39, 0.29) is 12.6 Å². The fourth-order valence-corrected chi connectivity index (χ4v) is 1.20. The minimum Gasteiger partial charge on any atom is -0.368 e. The lowest BCUT2D eigenvalue weighted by molar-refractivity contribution is -0.126. The second kappa shape index (κ2) is 6.62. The zero-order chi connectivity index (χ0) is 12.7. The molecule has 0 aliphatic rings. The molecule has 0 spiro atoms. The molecular formula is C11H15N3O3. The van der Waals surface area contributed by atoms with Crippen LogP contribution >= 0.6 is 0 Å². The van der Waals surface area contributed by atoms with Crippen LogP contribution in [0.5, 0.6) is 0 Å². The summed E-state index contributed by atoms with van der Waals surface area (Å²) in [6, 6.07) is 8.18. The van der Waals surface area contributed by atoms with Gasteiger partial charge in [0.2, 0.25) is 11.8 Å². The van der Waals surface area contributed by atoms with Crippen LogP contribution in [0.3, 0.4) is 0 Å². The van der Waals surface area contributed by atoms with E-state index in [9.17, 15) is 9.59 Å². The molecule has 0 aromatic heterocycles. The number of nitrogens with two attached hydrogens (primary N) is 1. The third-order valence-corrected chi connectivity index (χ3v) is 2.01. The van der Waals surface area contributed by atoms with Crippen molar-refractivity contribution < 1.29 is 14.4 Å². The zero-order valence-corrected chi connectivity index (χ0v) is 9.47. The van der Waals surface area contributed by atoms with E-state index in [0.29, 0.717) is 5.56 Å². The molecule has 0 saturated heterocycles. The summed E-state index contributed by atoms with van der Waals surface area (Å²) in [5.74, 6) is -0.777. The molecule has 6 nitrogen and oxygen atoms in total. The molecular weight excluding hydrogens is 222 g/mol. The van der Waals surface area contributed by atoms with E-state index in [0.717, 1.165) is 0 Å². The fourth-order valence-electron chi connectivity index (χ4n) is 1.20. The number of benzene rings is 1. The molecule has 17 heavy (non-hydrogen) atoms. The highest BCUT2D eigenvalue weighted by atomic mass is 16.7. The summed E-state index contributed by atoms with van der Waals surface area (Å²) in [6.45, 7) is 1.33. The van der Waals surface area contributed by atoms with Crippen molar-refractivity contribution in [3.05, 3.63) is 35.9 Å². The smallest absolute Gasteiger partial charge is 0.241 e. The highest BCUT2D eigenvalue weighted by Crippen LogP contribution is 2.11. The van der Waals surface area contributed by atoms with Gasteiger partial charge in [-0.25, -0.2) is 0 Å². The average Bonchev–Trinajstić information content (AvgIpc) is 2.29. The zero-order valence-electron chi connectivity index (χ0n) is 9.47. The lowest BCUT2D eigenvalue weighted by Gasteiger charge is -2.15. The Morgan fingerprint density at radius 1 is 1.35 bits per heavy atom. The molecule has 0 unspecified atom stereocenters. The number of primary amides is 1. The minimum absolute atomic E-state index is 0.0358. The summed E-state index contributed by atoms with van der Waals surface area (Å²) in [5.41, 5.74) is 8.44. The van der Waals surface area contributed by atoms with Crippen LogP contribution in [0, 0.1) is 0 Å². The quantitative estimate of drug-likeness (QED) is 0.364. The Bertz CT molecular complexity index is 381. The second-order valence-corrected chi connectivity index (χ2v) is 3.39. The standard InChI is InChI=1S/C11H15N3O3/c1-8(15)13-7-17-14-10(11(12)16)9-5-3-2-4-6-9/h2-6,10,14H,7H2,1H3,(H2,12,16)(H,13,15)/t10-/m0/s1. The highest BCUT2D eigenvalue weighted by molar-refractivity contribution is 5.81. The summed E-state index contributed by atoms with van der Waals surface area (Å²) in [5, 5.41) is 2.42. The van der Waals surface area contributed by atoms with Gasteiger partial charge in [0.1, 0.15) is 12.8 Å². The third kappa shape index (κ3) is 4.62. The van der Waals surface area contributed by atoms with Gasteiger partial charge in [-0.1, -0.05) is 30.3 Å². The Labute approximate surface area is 99.1 Å². The van der Waals surface area contributed by atoms with Gasteiger partial charge >= 0.3 is 0 Å². The SMILES string of the molecule is CC(=O)NCON[C@H](C(N)=O)c1ccccc1. The molecule has 4 N–H and O–H groups in total. The highest BCUT2D eigenvalue weighted by Gasteiger charge is 2.16. The van der Waals surface area contributed by atoms with Gasteiger partial charge < -0.3 is 11.1 Å². The van der Waals surface area contributed by atoms with Gasteiger partial charge in [0.05, 0.1) is 0 Å². The Morgan fingerprint density at radius 3 is 2.53 bits per heavy atom. The number of rotatable bonds is 6. The first-order valence-corrected chi connectivity index (χ1v) is 5.07. The number of amides is 2. The van der Waals surface area contributed by atoms with Gasteiger partial charge in [0.15, 0.2) is 0 Å². The van der Waals surface area contributed by atoms with Crippen molar-refractivity contribution in [2.24, 2.45) is 5.73 Å². The van der Waals surface area contributed by atoms with E-state index in [4.69, 9.17) is 10.6 Å². The van der Waals surface area contributed by atoms with Crippen LogP contribution in [0.2, 0.25) is 0 Å². The maximum Gasteiger partial charge on any atom is 0.241 e. The Balaban J connectivity index is 2.51. The molecule has 0 aliphatic carbocycles. The van der Waals surface area contributed by atoms with Crippen molar-refractivity contribution in [2.45, 2.75) is 13.0 Å². The normalized spacial score (nSPS) is 11.8. The number of hydrogen-bond donors (Lipinski definition) is 3. The summed E-state index contributed by atoms with van der Waals surface area (Å²) >= 11 is 0. The van der Waals surface area contributed by atoms with E-state index in [2.05, 4.69) is 10.8 Å². The molecule has 0 fully saturated rings. The molecule has 0 saturated carbocycles. The van der Waals surface area contributed by atoms with E-state index in [1.807, 2.05) is 6.07 Å². The molecule has 92 valence electrons. The van der Waals surface area contributed by atoms with Crippen molar-refractivity contribution in [1.29, 1.82) is 0 Å². The fraction of sp³-hybridized carbons (Fsp3) is 0.273. The summed E-state index contributed by atoms with van der Waals surface area (Å²) in [7, 11) is 0. The predicted molar refractivity (Wildman–Crippen MR) is 61.3 cm³/mol. The average molecular weight is 237 g/mol. The Morgan fingerprint density at radius 2 is 2.00 bits per heavy atom. The summed E-state index contributed by atoms with van der Waals surface area (Å²) in [4.78, 5) is 26.7. The largest absolute Gasteiger partial charge is 0.368 e. The van der Waals surface area contributed by atoms with Crippen molar-refractivity contribution in [2.75, 3.05) is 6.73 Å². The Kier molecular flexibility index (Phi) is 5.12. The maximum atomic E-state index is 11.2. The number of carbonyl (C=O) groups excluding carboxylic acids is 2. The van der Waals surface area contributed by atoms with Gasteiger partial charge in [-0.15, -0.1) is 0 Å². The number of carbonyl (C=O) groups is 2. The van der Waals surface area contributed by atoms with Gasteiger partial charge in [-0.05, 0) is 5.56 Å². The third-order valence-electron chi connectivity index (χ3n) is 2.01. The number of hydroxylamine groups is 1. The molecule has 1 rings (SSSR count). The first-order chi connectivity index (χ1) is 8.11. The van der Waals surface area contributed by atoms with Crippen molar-refractivity contribution in [3.63, 3.8) is 0 Å². The summed E-state index contributed by atoms with van der Waals surface area (Å²) < 4.78 is 0. The first-order valence-electron chi connectivity index (χ1n) is 5.07. The lowest BCUT2D eigenvalue weighted by atomic mass is 10.1. The van der Waals surface area contributed by atoms with Crippen LogP contribution in [0.15, 0.2) is 30.3 Å². The lowest BCUT2D eigenvalue weighted by Crippen LogP contribution is -2.36. The minimum atomic E-state index is -0.745. The molecule has 6 heteroatoms. The van der Waals surface area contributed by atoms with Crippen molar-refractivity contribution in [1.82, 2.24) is 10.8 Å². The molecule has 0 aliphatic heterocycles. The van der Waals surface area contributed by atoms with Gasteiger partial charge in [0.25, 0.3) is 0 Å². The topological polar surface area (TPSA) is 93.4 Å². The number of nitrogens with one attached hydrogen (secondary N) is 2. The second-order valence-electron chi connectivity index (χ2n) is 3.39. The van der Waals surface area contributed by atoms with E-state index in [1.165, 1.54) is 6.92 Å². The van der Waals surface area contributed by atoms with Crippen molar-refractivity contribution >= 4 is 11.8 Å². The number of hydrogen-bond acceptors (Lipinski definition) is 4. The van der Waals surface area contributed by atoms with Crippen LogP contribution < -0.4 is 16.5 Å². The van der Waals surface area contributed by atoms with Crippen LogP contribution in [0.1, 0.15) is 18.5 Å². The van der Waals surface area contributed by atoms with Gasteiger partial charge in [0, 0.05) is 6.92 Å². The molecule has 0 heterocycles. The monoisotopic (exact) mass is 237 g/mol. The predicted octanol–water partition coefficient (Wildman–Crippen LogP) is -0.172. The van der Waals surface area contributed by atoms with Crippen molar-refractivity contribution in [3.8, 4) is 0 Å². The van der Waals surface area contributed by atoms with E-state index >= 15 is 0 Å². The molecule has 0 radical (unpaired) electrons. The van der Waals surface area contributed by atoms with Crippen LogP contribution in [0.25, 0.3) is 0 Å². The van der Waals surface area contributed by atoms with Crippen LogP contribution in [-0.4, -0.2) is 18.5 Å². The van der Waals surface area contributed by atoms with E-state index in [1.54, 1.807) is 24.3 Å². The molecule has 1 atom stereocenters. The Hall–Kier alpha value is -1.92. The first kappa shape index (κ1) is 13.1. The van der Waals surface area contributed by atoms with Crippen LogP contribution in [0.4, 0.5) is 0 Å². The summed E-state index contributed by atoms with van der Waals surface area (Å²) in [6.07, 6.45) is 0.